The van der Waals surface area contributed by atoms with E-state index < -0.39 is 0 Å². The van der Waals surface area contributed by atoms with Crippen molar-refractivity contribution >= 4 is 15.9 Å². The van der Waals surface area contributed by atoms with E-state index in [9.17, 15) is 0 Å². The molecule has 1 fully saturated rings. The molecule has 1 aliphatic carbocycles. The third-order valence-electron chi connectivity index (χ3n) is 2.46. The van der Waals surface area contributed by atoms with Crippen LogP contribution in [0.3, 0.4) is 0 Å². The lowest BCUT2D eigenvalue weighted by Gasteiger charge is -2.34. The van der Waals surface area contributed by atoms with Gasteiger partial charge in [-0.15, -0.1) is 0 Å². The lowest BCUT2D eigenvalue weighted by molar-refractivity contribution is 0.0765. The average molecular weight is 241 g/mol. The normalized spacial score (nSPS) is 26.5. The maximum Gasteiger partial charge on any atom is 0.119 e. The highest BCUT2D eigenvalue weighted by atomic mass is 79.9. The van der Waals surface area contributed by atoms with Crippen molar-refractivity contribution in [2.45, 2.75) is 18.9 Å². The van der Waals surface area contributed by atoms with E-state index in [4.69, 9.17) is 4.74 Å². The minimum absolute atomic E-state index is 0.449. The fourth-order valence-electron chi connectivity index (χ4n) is 1.59. The van der Waals surface area contributed by atoms with Gasteiger partial charge in [0.25, 0.3) is 0 Å². The van der Waals surface area contributed by atoms with Gasteiger partial charge in [-0.1, -0.05) is 34.1 Å². The van der Waals surface area contributed by atoms with Crippen molar-refractivity contribution in [2.24, 2.45) is 5.92 Å². The molecule has 0 N–H and O–H groups in total. The van der Waals surface area contributed by atoms with Crippen molar-refractivity contribution in [1.82, 2.24) is 0 Å². The Balaban J connectivity index is 1.81. The minimum Gasteiger partial charge on any atom is -0.490 e. The summed E-state index contributed by atoms with van der Waals surface area (Å²) in [6.07, 6.45) is 2.84. The molecule has 0 radical (unpaired) electrons. The molecular weight excluding hydrogens is 228 g/mol. The molecule has 0 heterocycles. The Hall–Kier alpha value is -0.500. The van der Waals surface area contributed by atoms with E-state index in [1.54, 1.807) is 0 Å². The predicted molar refractivity (Wildman–Crippen MR) is 57.4 cm³/mol. The van der Waals surface area contributed by atoms with Gasteiger partial charge in [-0.25, -0.2) is 0 Å². The topological polar surface area (TPSA) is 9.23 Å². The predicted octanol–water partition coefficient (Wildman–Crippen LogP) is 3.24. The second kappa shape index (κ2) is 4.14. The molecule has 70 valence electrons. The first kappa shape index (κ1) is 9.07. The van der Waals surface area contributed by atoms with Crippen LogP contribution in [-0.4, -0.2) is 11.4 Å². The summed E-state index contributed by atoms with van der Waals surface area (Å²) in [6.45, 7) is 0. The van der Waals surface area contributed by atoms with Crippen LogP contribution >= 0.6 is 15.9 Å². The molecule has 13 heavy (non-hydrogen) atoms. The standard InChI is InChI=1S/C11H13BrO/c12-8-9-6-11(7-9)13-10-4-2-1-3-5-10/h1-5,9,11H,6-8H2. The van der Waals surface area contributed by atoms with E-state index >= 15 is 0 Å². The van der Waals surface area contributed by atoms with Gasteiger partial charge in [0.1, 0.15) is 5.75 Å². The van der Waals surface area contributed by atoms with Gasteiger partial charge in [-0.05, 0) is 30.9 Å². The van der Waals surface area contributed by atoms with Crippen molar-refractivity contribution < 1.29 is 4.74 Å². The Labute approximate surface area is 87.2 Å². The van der Waals surface area contributed by atoms with E-state index in [-0.39, 0.29) is 0 Å². The molecule has 0 atom stereocenters. The molecule has 1 saturated carbocycles. The SMILES string of the molecule is BrCC1CC(Oc2ccccc2)C1. The number of para-hydroxylation sites is 1. The highest BCUT2D eigenvalue weighted by Crippen LogP contribution is 2.32. The van der Waals surface area contributed by atoms with E-state index in [1.165, 1.54) is 12.8 Å². The van der Waals surface area contributed by atoms with Gasteiger partial charge in [0, 0.05) is 5.33 Å². The summed E-state index contributed by atoms with van der Waals surface area (Å²) in [5.74, 6) is 1.83. The molecule has 1 aliphatic rings. The Kier molecular flexibility index (Phi) is 2.89. The van der Waals surface area contributed by atoms with Crippen LogP contribution in [0, 0.1) is 5.92 Å². The fraction of sp³-hybridized carbons (Fsp3) is 0.455. The molecule has 0 bridgehead atoms. The Morgan fingerprint density at radius 3 is 2.54 bits per heavy atom. The van der Waals surface area contributed by atoms with Crippen molar-refractivity contribution in [1.29, 1.82) is 0 Å². The second-order valence-corrected chi connectivity index (χ2v) is 4.19. The van der Waals surface area contributed by atoms with Crippen molar-refractivity contribution in [3.8, 4) is 5.75 Å². The molecule has 1 aromatic carbocycles. The number of hydrogen-bond donors (Lipinski definition) is 0. The Bertz CT molecular complexity index is 254. The average Bonchev–Trinajstić information content (AvgIpc) is 2.12. The Morgan fingerprint density at radius 2 is 1.92 bits per heavy atom. The van der Waals surface area contributed by atoms with E-state index in [1.807, 2.05) is 30.3 Å². The first-order valence-electron chi connectivity index (χ1n) is 4.66. The third kappa shape index (κ3) is 2.25. The van der Waals surface area contributed by atoms with Crippen molar-refractivity contribution in [3.63, 3.8) is 0 Å². The van der Waals surface area contributed by atoms with Gasteiger partial charge in [0.05, 0.1) is 6.10 Å². The van der Waals surface area contributed by atoms with Gasteiger partial charge in [0.15, 0.2) is 0 Å². The third-order valence-corrected chi connectivity index (χ3v) is 3.37. The van der Waals surface area contributed by atoms with E-state index in [0.717, 1.165) is 17.0 Å². The van der Waals surface area contributed by atoms with Crippen LogP contribution in [0.1, 0.15) is 12.8 Å². The zero-order valence-electron chi connectivity index (χ0n) is 7.45. The van der Waals surface area contributed by atoms with Gasteiger partial charge < -0.3 is 4.74 Å². The maximum absolute atomic E-state index is 5.76. The molecule has 2 heteroatoms. The maximum atomic E-state index is 5.76. The van der Waals surface area contributed by atoms with Crippen LogP contribution in [0.4, 0.5) is 0 Å². The van der Waals surface area contributed by atoms with Crippen molar-refractivity contribution in [3.05, 3.63) is 30.3 Å². The van der Waals surface area contributed by atoms with Crippen LogP contribution in [0.2, 0.25) is 0 Å². The smallest absolute Gasteiger partial charge is 0.119 e. The van der Waals surface area contributed by atoms with Gasteiger partial charge in [-0.2, -0.15) is 0 Å². The van der Waals surface area contributed by atoms with Gasteiger partial charge in [-0.3, -0.25) is 0 Å². The lowest BCUT2D eigenvalue weighted by Crippen LogP contribution is -2.34. The molecule has 0 aliphatic heterocycles. The molecule has 0 aromatic heterocycles. The fourth-order valence-corrected chi connectivity index (χ4v) is 2.12. The first-order chi connectivity index (χ1) is 6.38. The quantitative estimate of drug-likeness (QED) is 0.738. The molecule has 0 spiro atoms. The van der Waals surface area contributed by atoms with E-state index in [0.29, 0.717) is 6.10 Å². The van der Waals surface area contributed by atoms with Crippen LogP contribution in [0.15, 0.2) is 30.3 Å². The molecule has 0 saturated heterocycles. The number of rotatable bonds is 3. The minimum atomic E-state index is 0.449. The highest BCUT2D eigenvalue weighted by molar-refractivity contribution is 9.09. The number of alkyl halides is 1. The van der Waals surface area contributed by atoms with Crippen LogP contribution in [-0.2, 0) is 0 Å². The zero-order valence-corrected chi connectivity index (χ0v) is 9.03. The lowest BCUT2D eigenvalue weighted by atomic mass is 9.84. The summed E-state index contributed by atoms with van der Waals surface area (Å²) in [7, 11) is 0. The molecular formula is C11H13BrO. The van der Waals surface area contributed by atoms with E-state index in [2.05, 4.69) is 15.9 Å². The summed E-state index contributed by atoms with van der Waals surface area (Å²) in [5, 5.41) is 1.11. The summed E-state index contributed by atoms with van der Waals surface area (Å²) in [5.41, 5.74) is 0. The monoisotopic (exact) mass is 240 g/mol. The molecule has 0 unspecified atom stereocenters. The number of ether oxygens (including phenoxy) is 1. The number of halogens is 1. The highest BCUT2D eigenvalue weighted by Gasteiger charge is 2.29. The molecule has 1 nitrogen and oxygen atoms in total. The first-order valence-corrected chi connectivity index (χ1v) is 5.78. The zero-order chi connectivity index (χ0) is 9.10. The Morgan fingerprint density at radius 1 is 1.23 bits per heavy atom. The van der Waals surface area contributed by atoms with Crippen LogP contribution in [0.5, 0.6) is 5.75 Å². The molecule has 1 aromatic rings. The molecule has 0 amide bonds. The van der Waals surface area contributed by atoms with Crippen molar-refractivity contribution in [2.75, 3.05) is 5.33 Å². The second-order valence-electron chi connectivity index (χ2n) is 3.54. The summed E-state index contributed by atoms with van der Waals surface area (Å²) < 4.78 is 5.76. The number of benzene rings is 1. The van der Waals surface area contributed by atoms with Crippen LogP contribution < -0.4 is 4.74 Å². The summed E-state index contributed by atoms with van der Waals surface area (Å²) in [6, 6.07) is 10.1. The molecule has 2 rings (SSSR count). The van der Waals surface area contributed by atoms with Gasteiger partial charge in [0.2, 0.25) is 0 Å². The van der Waals surface area contributed by atoms with Gasteiger partial charge >= 0.3 is 0 Å². The largest absolute Gasteiger partial charge is 0.490 e. The summed E-state index contributed by atoms with van der Waals surface area (Å²) >= 11 is 3.48. The summed E-state index contributed by atoms with van der Waals surface area (Å²) in [4.78, 5) is 0. The van der Waals surface area contributed by atoms with Crippen LogP contribution in [0.25, 0.3) is 0 Å². The number of hydrogen-bond acceptors (Lipinski definition) is 1.